The van der Waals surface area contributed by atoms with Crippen molar-refractivity contribution in [2.45, 2.75) is 45.7 Å². The average Bonchev–Trinajstić information content (AvgIpc) is 2.93. The molecule has 0 spiro atoms. The Bertz CT molecular complexity index is 968. The second kappa shape index (κ2) is 8.30. The lowest BCUT2D eigenvalue weighted by Gasteiger charge is -2.24. The lowest BCUT2D eigenvalue weighted by Crippen LogP contribution is -2.43. The summed E-state index contributed by atoms with van der Waals surface area (Å²) in [6.45, 7) is 8.00. The first-order chi connectivity index (χ1) is 14.1. The Morgan fingerprint density at radius 1 is 1.10 bits per heavy atom. The summed E-state index contributed by atoms with van der Waals surface area (Å²) in [6, 6.07) is 14.9. The molecule has 0 bridgehead atoms. The Morgan fingerprint density at radius 2 is 1.73 bits per heavy atom. The van der Waals surface area contributed by atoms with E-state index in [0.717, 1.165) is 21.6 Å². The molecule has 0 saturated carbocycles. The van der Waals surface area contributed by atoms with Crippen molar-refractivity contribution in [1.29, 1.82) is 0 Å². The Hall–Kier alpha value is -3.15. The highest BCUT2D eigenvalue weighted by atomic mass is 16.2. The van der Waals surface area contributed by atoms with Gasteiger partial charge in [0.1, 0.15) is 12.1 Å². The number of amides is 4. The molecule has 1 saturated heterocycles. The SMILES string of the molecule is Cc1ccccc1CN(C)C(=O)CN1C(=O)N[C@](C)(c2ccc(C(C)C)cc2)C1=O. The van der Waals surface area contributed by atoms with Crippen LogP contribution in [0, 0.1) is 6.92 Å². The van der Waals surface area contributed by atoms with Crippen molar-refractivity contribution >= 4 is 17.8 Å². The van der Waals surface area contributed by atoms with E-state index in [1.807, 2.05) is 55.5 Å². The second-order valence-electron chi connectivity index (χ2n) is 8.40. The van der Waals surface area contributed by atoms with E-state index in [1.165, 1.54) is 4.90 Å². The predicted octanol–water partition coefficient (Wildman–Crippen LogP) is 3.54. The minimum absolute atomic E-state index is 0.285. The molecule has 0 aliphatic carbocycles. The van der Waals surface area contributed by atoms with Crippen molar-refractivity contribution in [2.24, 2.45) is 0 Å². The van der Waals surface area contributed by atoms with Gasteiger partial charge < -0.3 is 10.2 Å². The molecular formula is C24H29N3O3. The largest absolute Gasteiger partial charge is 0.340 e. The van der Waals surface area contributed by atoms with Gasteiger partial charge in [0.25, 0.3) is 5.91 Å². The van der Waals surface area contributed by atoms with E-state index in [4.69, 9.17) is 0 Å². The van der Waals surface area contributed by atoms with Gasteiger partial charge in [-0.15, -0.1) is 0 Å². The van der Waals surface area contributed by atoms with E-state index in [9.17, 15) is 14.4 Å². The molecule has 1 aliphatic rings. The first-order valence-corrected chi connectivity index (χ1v) is 10.2. The maximum absolute atomic E-state index is 13.1. The fourth-order valence-corrected chi connectivity index (χ4v) is 3.62. The van der Waals surface area contributed by atoms with E-state index in [-0.39, 0.29) is 12.5 Å². The van der Waals surface area contributed by atoms with E-state index in [2.05, 4.69) is 19.2 Å². The summed E-state index contributed by atoms with van der Waals surface area (Å²) in [5, 5.41) is 2.76. The van der Waals surface area contributed by atoms with Gasteiger partial charge in [0.15, 0.2) is 0 Å². The number of carbonyl (C=O) groups excluding carboxylic acids is 3. The standard InChI is InChI=1S/C24H29N3O3/c1-16(2)18-10-12-20(13-11-18)24(4)22(29)27(23(30)25-24)15-21(28)26(5)14-19-9-7-6-8-17(19)3/h6-13,16H,14-15H2,1-5H3,(H,25,30)/t24-/m1/s1. The highest BCUT2D eigenvalue weighted by Gasteiger charge is 2.49. The fraction of sp³-hybridized carbons (Fsp3) is 0.375. The fourth-order valence-electron chi connectivity index (χ4n) is 3.62. The maximum atomic E-state index is 13.1. The number of likely N-dealkylation sites (N-methyl/N-ethyl adjacent to an activating group) is 1. The molecule has 158 valence electrons. The summed E-state index contributed by atoms with van der Waals surface area (Å²) >= 11 is 0. The second-order valence-corrected chi connectivity index (χ2v) is 8.40. The minimum Gasteiger partial charge on any atom is -0.340 e. The van der Waals surface area contributed by atoms with Crippen molar-refractivity contribution in [1.82, 2.24) is 15.1 Å². The zero-order valence-electron chi connectivity index (χ0n) is 18.2. The van der Waals surface area contributed by atoms with Crippen molar-refractivity contribution in [3.05, 3.63) is 70.8 Å². The van der Waals surface area contributed by atoms with Gasteiger partial charge in [0.05, 0.1) is 0 Å². The van der Waals surface area contributed by atoms with Gasteiger partial charge in [-0.25, -0.2) is 4.79 Å². The molecule has 1 aliphatic heterocycles. The third kappa shape index (κ3) is 4.08. The third-order valence-corrected chi connectivity index (χ3v) is 5.82. The molecule has 0 aromatic heterocycles. The molecule has 2 aromatic rings. The van der Waals surface area contributed by atoms with Crippen molar-refractivity contribution in [3.63, 3.8) is 0 Å². The smallest absolute Gasteiger partial charge is 0.325 e. The molecule has 0 unspecified atom stereocenters. The number of benzene rings is 2. The van der Waals surface area contributed by atoms with Crippen LogP contribution >= 0.6 is 0 Å². The number of nitrogens with zero attached hydrogens (tertiary/aromatic N) is 2. The zero-order valence-corrected chi connectivity index (χ0v) is 18.2. The number of rotatable bonds is 6. The van der Waals surface area contributed by atoms with Crippen molar-refractivity contribution in [2.75, 3.05) is 13.6 Å². The van der Waals surface area contributed by atoms with Crippen LogP contribution in [0.1, 0.15) is 48.9 Å². The van der Waals surface area contributed by atoms with Crippen LogP contribution in [0.4, 0.5) is 4.79 Å². The first kappa shape index (κ1) is 21.6. The van der Waals surface area contributed by atoms with Crippen LogP contribution in [-0.4, -0.2) is 41.2 Å². The Labute approximate surface area is 177 Å². The van der Waals surface area contributed by atoms with Crippen LogP contribution < -0.4 is 5.32 Å². The van der Waals surface area contributed by atoms with Crippen LogP contribution in [0.3, 0.4) is 0 Å². The highest BCUT2D eigenvalue weighted by molar-refractivity contribution is 6.09. The van der Waals surface area contributed by atoms with E-state index in [0.29, 0.717) is 18.0 Å². The number of hydrogen-bond acceptors (Lipinski definition) is 3. The highest BCUT2D eigenvalue weighted by Crippen LogP contribution is 2.30. The number of carbonyl (C=O) groups is 3. The van der Waals surface area contributed by atoms with Crippen LogP contribution in [0.5, 0.6) is 0 Å². The van der Waals surface area contributed by atoms with Crippen LogP contribution in [0.25, 0.3) is 0 Å². The lowest BCUT2D eigenvalue weighted by atomic mass is 9.90. The van der Waals surface area contributed by atoms with Gasteiger partial charge in [0.2, 0.25) is 5.91 Å². The normalized spacial score (nSPS) is 18.7. The third-order valence-electron chi connectivity index (χ3n) is 5.82. The van der Waals surface area contributed by atoms with Gasteiger partial charge in [-0.2, -0.15) is 0 Å². The molecule has 1 N–H and O–H groups in total. The molecule has 6 nitrogen and oxygen atoms in total. The molecule has 4 amide bonds. The van der Waals surface area contributed by atoms with Gasteiger partial charge in [0, 0.05) is 13.6 Å². The van der Waals surface area contributed by atoms with E-state index >= 15 is 0 Å². The Balaban J connectivity index is 1.72. The van der Waals surface area contributed by atoms with Gasteiger partial charge >= 0.3 is 6.03 Å². The number of hydrogen-bond donors (Lipinski definition) is 1. The van der Waals surface area contributed by atoms with Gasteiger partial charge in [-0.3, -0.25) is 14.5 Å². The Morgan fingerprint density at radius 3 is 2.33 bits per heavy atom. The van der Waals surface area contributed by atoms with E-state index in [1.54, 1.807) is 14.0 Å². The average molecular weight is 408 g/mol. The quantitative estimate of drug-likeness (QED) is 0.745. The molecule has 1 atom stereocenters. The zero-order chi connectivity index (χ0) is 22.1. The molecule has 30 heavy (non-hydrogen) atoms. The lowest BCUT2D eigenvalue weighted by molar-refractivity contribution is -0.138. The van der Waals surface area contributed by atoms with Crippen LogP contribution in [0.2, 0.25) is 0 Å². The summed E-state index contributed by atoms with van der Waals surface area (Å²) in [5.41, 5.74) is 2.80. The van der Waals surface area contributed by atoms with Crippen molar-refractivity contribution in [3.8, 4) is 0 Å². The van der Waals surface area contributed by atoms with E-state index < -0.39 is 17.5 Å². The summed E-state index contributed by atoms with van der Waals surface area (Å²) in [7, 11) is 1.68. The molecule has 3 rings (SSSR count). The summed E-state index contributed by atoms with van der Waals surface area (Å²) in [4.78, 5) is 40.9. The summed E-state index contributed by atoms with van der Waals surface area (Å²) in [6.07, 6.45) is 0. The minimum atomic E-state index is -1.18. The van der Waals surface area contributed by atoms with Gasteiger partial charge in [-0.05, 0) is 42.0 Å². The number of nitrogens with one attached hydrogen (secondary N) is 1. The Kier molecular flexibility index (Phi) is 5.97. The van der Waals surface area contributed by atoms with Crippen LogP contribution in [0.15, 0.2) is 48.5 Å². The number of urea groups is 1. The first-order valence-electron chi connectivity index (χ1n) is 10.2. The molecule has 1 heterocycles. The van der Waals surface area contributed by atoms with Gasteiger partial charge in [-0.1, -0.05) is 62.4 Å². The molecule has 6 heteroatoms. The monoisotopic (exact) mass is 407 g/mol. The topological polar surface area (TPSA) is 69.7 Å². The molecule has 2 aromatic carbocycles. The van der Waals surface area contributed by atoms with Crippen LogP contribution in [-0.2, 0) is 21.7 Å². The maximum Gasteiger partial charge on any atom is 0.325 e. The molecular weight excluding hydrogens is 378 g/mol. The predicted molar refractivity (Wildman–Crippen MR) is 116 cm³/mol. The number of aryl methyl sites for hydroxylation is 1. The molecule has 1 fully saturated rings. The summed E-state index contributed by atoms with van der Waals surface area (Å²) < 4.78 is 0. The number of imide groups is 1. The van der Waals surface area contributed by atoms with Crippen molar-refractivity contribution < 1.29 is 14.4 Å². The molecule has 0 radical (unpaired) electrons. The summed E-state index contributed by atoms with van der Waals surface area (Å²) in [5.74, 6) is -0.331.